The Kier molecular flexibility index (Phi) is 9.49. The fourth-order valence-corrected chi connectivity index (χ4v) is 6.38. The number of halogens is 1. The van der Waals surface area contributed by atoms with Crippen LogP contribution in [0.25, 0.3) is 0 Å². The van der Waals surface area contributed by atoms with Crippen LogP contribution in [-0.2, 0) is 14.3 Å². The average Bonchev–Trinajstić information content (AvgIpc) is 3.32. The van der Waals surface area contributed by atoms with Gasteiger partial charge in [0.15, 0.2) is 5.82 Å². The maximum absolute atomic E-state index is 14.2. The SMILES string of the molecule is CCN(C(=O)c1cc(F)ccc1Oc1nncnc1N1CCC2(C1)CN([C@H](CCOS(C)(=O)=O)C(C)C)C2)C(C)C. The monoisotopic (exact) mass is 592 g/mol. The summed E-state index contributed by atoms with van der Waals surface area (Å²) in [6.45, 7) is 13.9. The molecule has 1 amide bonds. The number of rotatable bonds is 12. The largest absolute Gasteiger partial charge is 0.434 e. The third-order valence-corrected chi connectivity index (χ3v) is 8.53. The molecule has 1 aromatic carbocycles. The van der Waals surface area contributed by atoms with Crippen molar-refractivity contribution in [2.75, 3.05) is 50.5 Å². The van der Waals surface area contributed by atoms with Gasteiger partial charge in [-0.3, -0.25) is 13.9 Å². The van der Waals surface area contributed by atoms with Crippen LogP contribution in [0.5, 0.6) is 11.6 Å². The summed E-state index contributed by atoms with van der Waals surface area (Å²) >= 11 is 0. The number of aromatic nitrogens is 3. The Morgan fingerprint density at radius 3 is 2.56 bits per heavy atom. The molecule has 2 aromatic rings. The van der Waals surface area contributed by atoms with Gasteiger partial charge in [0.1, 0.15) is 17.9 Å². The van der Waals surface area contributed by atoms with Crippen molar-refractivity contribution in [1.29, 1.82) is 0 Å². The molecule has 1 aromatic heterocycles. The fourth-order valence-electron chi connectivity index (χ4n) is 5.98. The maximum atomic E-state index is 14.2. The van der Waals surface area contributed by atoms with Gasteiger partial charge in [-0.05, 0) is 57.7 Å². The van der Waals surface area contributed by atoms with Crippen molar-refractivity contribution >= 4 is 21.8 Å². The molecule has 1 spiro atoms. The lowest BCUT2D eigenvalue weighted by Gasteiger charge is -2.52. The van der Waals surface area contributed by atoms with E-state index >= 15 is 0 Å². The first-order valence-electron chi connectivity index (χ1n) is 14.1. The molecular weight excluding hydrogens is 551 g/mol. The summed E-state index contributed by atoms with van der Waals surface area (Å²) in [5.74, 6) is 0.372. The lowest BCUT2D eigenvalue weighted by molar-refractivity contribution is -0.0365. The van der Waals surface area contributed by atoms with Crippen LogP contribution < -0.4 is 9.64 Å². The number of hydrogen-bond acceptors (Lipinski definition) is 10. The molecule has 41 heavy (non-hydrogen) atoms. The quantitative estimate of drug-likeness (QED) is 0.339. The molecule has 2 aliphatic heterocycles. The van der Waals surface area contributed by atoms with Gasteiger partial charge in [-0.15, -0.1) is 10.2 Å². The number of nitrogens with zero attached hydrogens (tertiary/aromatic N) is 6. The molecule has 0 saturated carbocycles. The van der Waals surface area contributed by atoms with Crippen molar-refractivity contribution in [2.45, 2.75) is 59.5 Å². The van der Waals surface area contributed by atoms with Gasteiger partial charge in [-0.2, -0.15) is 8.42 Å². The zero-order chi connectivity index (χ0) is 29.9. The Balaban J connectivity index is 1.47. The Hall–Kier alpha value is -2.90. The van der Waals surface area contributed by atoms with Crippen LogP contribution in [0.1, 0.15) is 57.8 Å². The first kappa shape index (κ1) is 31.0. The van der Waals surface area contributed by atoms with E-state index in [9.17, 15) is 17.6 Å². The van der Waals surface area contributed by atoms with Crippen LogP contribution >= 0.6 is 0 Å². The zero-order valence-electron chi connectivity index (χ0n) is 24.7. The Morgan fingerprint density at radius 1 is 1.20 bits per heavy atom. The molecule has 0 radical (unpaired) electrons. The highest BCUT2D eigenvalue weighted by Crippen LogP contribution is 2.44. The first-order chi connectivity index (χ1) is 19.3. The van der Waals surface area contributed by atoms with Crippen LogP contribution in [0, 0.1) is 17.2 Å². The van der Waals surface area contributed by atoms with Gasteiger partial charge in [0, 0.05) is 50.2 Å². The summed E-state index contributed by atoms with van der Waals surface area (Å²) in [7, 11) is -3.46. The highest BCUT2D eigenvalue weighted by atomic mass is 32.2. The predicted molar refractivity (Wildman–Crippen MR) is 153 cm³/mol. The number of amides is 1. The smallest absolute Gasteiger partial charge is 0.282 e. The van der Waals surface area contributed by atoms with Gasteiger partial charge in [0.25, 0.3) is 21.9 Å². The topological polar surface area (TPSA) is 118 Å². The summed E-state index contributed by atoms with van der Waals surface area (Å²) < 4.78 is 48.1. The summed E-state index contributed by atoms with van der Waals surface area (Å²) in [6.07, 6.45) is 4.04. The number of likely N-dealkylation sites (tertiary alicyclic amines) is 1. The molecule has 13 heteroatoms. The first-order valence-corrected chi connectivity index (χ1v) is 15.9. The molecular formula is C28H41FN6O5S. The van der Waals surface area contributed by atoms with Crippen LogP contribution in [0.4, 0.5) is 10.2 Å². The second-order valence-corrected chi connectivity index (χ2v) is 13.4. The van der Waals surface area contributed by atoms with Gasteiger partial charge in [0.2, 0.25) is 0 Å². The normalized spacial score (nSPS) is 17.7. The molecule has 11 nitrogen and oxygen atoms in total. The lowest BCUT2D eigenvalue weighted by Crippen LogP contribution is -2.62. The second kappa shape index (κ2) is 12.5. The van der Waals surface area contributed by atoms with E-state index < -0.39 is 15.9 Å². The van der Waals surface area contributed by atoms with Crippen molar-refractivity contribution in [3.05, 3.63) is 35.9 Å². The number of carbonyl (C=O) groups excluding carboxylic acids is 1. The van der Waals surface area contributed by atoms with Crippen molar-refractivity contribution in [1.82, 2.24) is 25.0 Å². The molecule has 4 rings (SSSR count). The van der Waals surface area contributed by atoms with Crippen molar-refractivity contribution in [3.8, 4) is 11.6 Å². The van der Waals surface area contributed by atoms with E-state index in [2.05, 4.69) is 38.8 Å². The van der Waals surface area contributed by atoms with Crippen molar-refractivity contribution in [3.63, 3.8) is 0 Å². The standard InChI is InChI=1S/C28H41FN6O5S/c1-7-35(20(4)5)27(36)22-14-21(29)8-9-24(22)40-26-25(30-18-31-32-26)33-12-11-28(15-33)16-34(17-28)23(19(2)3)10-13-39-41(6,37)38/h8-9,14,18-20,23H,7,10-13,15-17H2,1-6H3/t23-/m1/s1. The lowest BCUT2D eigenvalue weighted by atomic mass is 9.76. The fraction of sp³-hybridized carbons (Fsp3) is 0.643. The van der Waals surface area contributed by atoms with Crippen molar-refractivity contribution < 1.29 is 26.5 Å². The number of benzene rings is 1. The third kappa shape index (κ3) is 7.31. The average molecular weight is 593 g/mol. The van der Waals surface area contributed by atoms with Crippen LogP contribution in [0.2, 0.25) is 0 Å². The van der Waals surface area contributed by atoms with E-state index in [1.54, 1.807) is 4.90 Å². The molecule has 2 aliphatic rings. The van der Waals surface area contributed by atoms with E-state index in [1.807, 2.05) is 20.8 Å². The summed E-state index contributed by atoms with van der Waals surface area (Å²) in [5.41, 5.74) is 0.187. The number of anilines is 1. The zero-order valence-corrected chi connectivity index (χ0v) is 25.5. The summed E-state index contributed by atoms with van der Waals surface area (Å²) in [6, 6.07) is 4.03. The van der Waals surface area contributed by atoms with Gasteiger partial charge in [-0.25, -0.2) is 9.37 Å². The molecule has 2 fully saturated rings. The molecule has 0 bridgehead atoms. The number of carbonyl (C=O) groups is 1. The highest BCUT2D eigenvalue weighted by molar-refractivity contribution is 7.85. The van der Waals surface area contributed by atoms with Gasteiger partial charge in [-0.1, -0.05) is 13.8 Å². The Labute approximate surface area is 242 Å². The van der Waals surface area contributed by atoms with E-state index in [4.69, 9.17) is 8.92 Å². The van der Waals surface area contributed by atoms with Crippen LogP contribution in [0.15, 0.2) is 24.5 Å². The maximum Gasteiger partial charge on any atom is 0.282 e. The molecule has 0 aliphatic carbocycles. The minimum absolute atomic E-state index is 0.0669. The Morgan fingerprint density at radius 2 is 1.93 bits per heavy atom. The van der Waals surface area contributed by atoms with E-state index in [0.29, 0.717) is 24.7 Å². The second-order valence-electron chi connectivity index (χ2n) is 11.7. The number of hydrogen-bond donors (Lipinski definition) is 0. The molecule has 226 valence electrons. The third-order valence-electron chi connectivity index (χ3n) is 7.94. The molecule has 3 heterocycles. The minimum atomic E-state index is -3.46. The highest BCUT2D eigenvalue weighted by Gasteiger charge is 2.50. The van der Waals surface area contributed by atoms with E-state index in [-0.39, 0.29) is 47.2 Å². The number of ether oxygens (including phenoxy) is 1. The summed E-state index contributed by atoms with van der Waals surface area (Å²) in [5, 5.41) is 8.09. The van der Waals surface area contributed by atoms with Crippen LogP contribution in [0.3, 0.4) is 0 Å². The van der Waals surface area contributed by atoms with E-state index in [0.717, 1.165) is 38.9 Å². The van der Waals surface area contributed by atoms with Gasteiger partial charge < -0.3 is 14.5 Å². The predicted octanol–water partition coefficient (Wildman–Crippen LogP) is 3.58. The molecule has 1 atom stereocenters. The van der Waals surface area contributed by atoms with Crippen LogP contribution in [-0.4, -0.2) is 97.0 Å². The van der Waals surface area contributed by atoms with Gasteiger partial charge >= 0.3 is 0 Å². The van der Waals surface area contributed by atoms with Gasteiger partial charge in [0.05, 0.1) is 18.4 Å². The summed E-state index contributed by atoms with van der Waals surface area (Å²) in [4.78, 5) is 23.9. The Bertz CT molecular complexity index is 1340. The van der Waals surface area contributed by atoms with E-state index in [1.165, 1.54) is 24.5 Å². The molecule has 0 unspecified atom stereocenters. The van der Waals surface area contributed by atoms with Crippen molar-refractivity contribution in [2.24, 2.45) is 11.3 Å². The minimum Gasteiger partial charge on any atom is -0.434 e. The molecule has 2 saturated heterocycles. The molecule has 0 N–H and O–H groups in total.